The van der Waals surface area contributed by atoms with Crippen molar-refractivity contribution in [1.82, 2.24) is 9.97 Å². The molecule has 0 spiro atoms. The van der Waals surface area contributed by atoms with Crippen molar-refractivity contribution >= 4 is 5.82 Å². The molecule has 0 saturated heterocycles. The number of hydrogen-bond donors (Lipinski definition) is 1. The number of hydrogen-bond acceptors (Lipinski definition) is 3. The zero-order valence-electron chi connectivity index (χ0n) is 10.5. The lowest BCUT2D eigenvalue weighted by atomic mass is 10.1. The molecular formula is C13H21N3. The summed E-state index contributed by atoms with van der Waals surface area (Å²) in [7, 11) is 0. The highest BCUT2D eigenvalue weighted by molar-refractivity contribution is 5.47. The van der Waals surface area contributed by atoms with E-state index in [0.29, 0.717) is 6.04 Å². The Hall–Kier alpha value is -1.12. The highest BCUT2D eigenvalue weighted by atomic mass is 15.0. The maximum atomic E-state index is 4.59. The van der Waals surface area contributed by atoms with Gasteiger partial charge in [-0.2, -0.15) is 0 Å². The summed E-state index contributed by atoms with van der Waals surface area (Å²) in [6, 6.07) is 0.432. The van der Waals surface area contributed by atoms with Crippen molar-refractivity contribution < 1.29 is 0 Å². The maximum absolute atomic E-state index is 4.59. The van der Waals surface area contributed by atoms with Crippen LogP contribution in [0.2, 0.25) is 0 Å². The Balaban J connectivity index is 2.38. The second-order valence-electron chi connectivity index (χ2n) is 4.90. The van der Waals surface area contributed by atoms with Gasteiger partial charge in [0.15, 0.2) is 0 Å². The summed E-state index contributed by atoms with van der Waals surface area (Å²) in [5.74, 6) is 1.96. The first kappa shape index (κ1) is 11.4. The predicted molar refractivity (Wildman–Crippen MR) is 66.8 cm³/mol. The first-order valence-electron chi connectivity index (χ1n) is 6.29. The zero-order chi connectivity index (χ0) is 11.5. The Morgan fingerprint density at radius 3 is 2.56 bits per heavy atom. The number of aromatic nitrogens is 2. The van der Waals surface area contributed by atoms with Crippen LogP contribution in [0.15, 0.2) is 0 Å². The van der Waals surface area contributed by atoms with Gasteiger partial charge in [0, 0.05) is 17.3 Å². The molecule has 0 radical (unpaired) electrons. The molecule has 1 N–H and O–H groups in total. The standard InChI is InChI=1S/C13H21N3/c1-9(2)14-13-11-7-5-4-6-8-12(11)15-10(3)16-13/h9H,4-8H2,1-3H3,(H,14,15,16). The monoisotopic (exact) mass is 219 g/mol. The normalized spacial score (nSPS) is 15.8. The van der Waals surface area contributed by atoms with Gasteiger partial charge in [-0.3, -0.25) is 0 Å². The fraction of sp³-hybridized carbons (Fsp3) is 0.692. The van der Waals surface area contributed by atoms with Crippen molar-refractivity contribution in [3.8, 4) is 0 Å². The fourth-order valence-electron chi connectivity index (χ4n) is 2.29. The van der Waals surface area contributed by atoms with Gasteiger partial charge in [-0.05, 0) is 46.5 Å². The van der Waals surface area contributed by atoms with Crippen molar-refractivity contribution in [2.75, 3.05) is 5.32 Å². The SMILES string of the molecule is Cc1nc2c(c(NC(C)C)n1)CCCCC2. The van der Waals surface area contributed by atoms with E-state index in [1.165, 1.54) is 30.5 Å². The van der Waals surface area contributed by atoms with Crippen LogP contribution in [0.5, 0.6) is 0 Å². The lowest BCUT2D eigenvalue weighted by molar-refractivity contribution is 0.708. The molecule has 0 saturated carbocycles. The van der Waals surface area contributed by atoms with Gasteiger partial charge in [0.2, 0.25) is 0 Å². The van der Waals surface area contributed by atoms with E-state index in [1.54, 1.807) is 0 Å². The molecule has 0 bridgehead atoms. The fourth-order valence-corrected chi connectivity index (χ4v) is 2.29. The van der Waals surface area contributed by atoms with E-state index in [-0.39, 0.29) is 0 Å². The lowest BCUT2D eigenvalue weighted by Crippen LogP contribution is -2.15. The average molecular weight is 219 g/mol. The minimum Gasteiger partial charge on any atom is -0.368 e. The van der Waals surface area contributed by atoms with Crippen LogP contribution in [0.1, 0.15) is 50.2 Å². The van der Waals surface area contributed by atoms with E-state index >= 15 is 0 Å². The summed E-state index contributed by atoms with van der Waals surface area (Å²) in [4.78, 5) is 9.14. The molecule has 2 rings (SSSR count). The smallest absolute Gasteiger partial charge is 0.133 e. The van der Waals surface area contributed by atoms with Crippen LogP contribution >= 0.6 is 0 Å². The largest absolute Gasteiger partial charge is 0.368 e. The molecule has 0 aliphatic heterocycles. The summed E-state index contributed by atoms with van der Waals surface area (Å²) in [5, 5.41) is 3.45. The maximum Gasteiger partial charge on any atom is 0.133 e. The third-order valence-corrected chi connectivity index (χ3v) is 2.97. The molecule has 1 aromatic heterocycles. The van der Waals surface area contributed by atoms with Gasteiger partial charge in [-0.15, -0.1) is 0 Å². The van der Waals surface area contributed by atoms with Gasteiger partial charge in [0.1, 0.15) is 11.6 Å². The first-order valence-corrected chi connectivity index (χ1v) is 6.29. The molecule has 1 aliphatic rings. The molecule has 1 heterocycles. The summed E-state index contributed by atoms with van der Waals surface area (Å²) in [6.45, 7) is 6.29. The van der Waals surface area contributed by atoms with Crippen LogP contribution < -0.4 is 5.32 Å². The molecule has 0 atom stereocenters. The number of aryl methyl sites for hydroxylation is 2. The highest BCUT2D eigenvalue weighted by Crippen LogP contribution is 2.25. The van der Waals surface area contributed by atoms with Gasteiger partial charge in [0.05, 0.1) is 0 Å². The quantitative estimate of drug-likeness (QED) is 0.777. The van der Waals surface area contributed by atoms with E-state index in [4.69, 9.17) is 0 Å². The molecule has 3 nitrogen and oxygen atoms in total. The second-order valence-corrected chi connectivity index (χ2v) is 4.90. The first-order chi connectivity index (χ1) is 7.66. The highest BCUT2D eigenvalue weighted by Gasteiger charge is 2.15. The molecule has 0 fully saturated rings. The van der Waals surface area contributed by atoms with E-state index in [1.807, 2.05) is 6.92 Å². The summed E-state index contributed by atoms with van der Waals surface area (Å²) in [6.07, 6.45) is 6.10. The molecular weight excluding hydrogens is 198 g/mol. The Labute approximate surface area is 97.7 Å². The zero-order valence-corrected chi connectivity index (χ0v) is 10.5. The van der Waals surface area contributed by atoms with Crippen molar-refractivity contribution in [2.24, 2.45) is 0 Å². The number of nitrogens with zero attached hydrogens (tertiary/aromatic N) is 2. The Kier molecular flexibility index (Phi) is 3.42. The lowest BCUT2D eigenvalue weighted by Gasteiger charge is -2.15. The summed E-state index contributed by atoms with van der Waals surface area (Å²) in [5.41, 5.74) is 2.63. The van der Waals surface area contributed by atoms with Crippen LogP contribution in [-0.4, -0.2) is 16.0 Å². The number of nitrogens with one attached hydrogen (secondary N) is 1. The topological polar surface area (TPSA) is 37.8 Å². The molecule has 16 heavy (non-hydrogen) atoms. The molecule has 0 unspecified atom stereocenters. The minimum absolute atomic E-state index is 0.432. The number of rotatable bonds is 2. The van der Waals surface area contributed by atoms with Crippen molar-refractivity contribution in [1.29, 1.82) is 0 Å². The van der Waals surface area contributed by atoms with Crippen LogP contribution in [-0.2, 0) is 12.8 Å². The van der Waals surface area contributed by atoms with E-state index < -0.39 is 0 Å². The van der Waals surface area contributed by atoms with E-state index in [9.17, 15) is 0 Å². The van der Waals surface area contributed by atoms with Gasteiger partial charge in [0.25, 0.3) is 0 Å². The van der Waals surface area contributed by atoms with E-state index in [0.717, 1.165) is 24.5 Å². The van der Waals surface area contributed by atoms with E-state index in [2.05, 4.69) is 29.1 Å². The van der Waals surface area contributed by atoms with Crippen LogP contribution in [0.3, 0.4) is 0 Å². The summed E-state index contributed by atoms with van der Waals surface area (Å²) >= 11 is 0. The third kappa shape index (κ3) is 2.52. The molecule has 1 aliphatic carbocycles. The number of anilines is 1. The molecule has 88 valence electrons. The number of fused-ring (bicyclic) bond motifs is 1. The van der Waals surface area contributed by atoms with Gasteiger partial charge >= 0.3 is 0 Å². The Bertz CT molecular complexity index is 372. The Morgan fingerprint density at radius 2 is 1.81 bits per heavy atom. The second kappa shape index (κ2) is 4.81. The van der Waals surface area contributed by atoms with Crippen LogP contribution in [0, 0.1) is 6.92 Å². The molecule has 0 amide bonds. The van der Waals surface area contributed by atoms with Gasteiger partial charge < -0.3 is 5.32 Å². The van der Waals surface area contributed by atoms with Crippen molar-refractivity contribution in [3.63, 3.8) is 0 Å². The minimum atomic E-state index is 0.432. The predicted octanol–water partition coefficient (Wildman–Crippen LogP) is 2.87. The molecule has 0 aromatic carbocycles. The van der Waals surface area contributed by atoms with Crippen molar-refractivity contribution in [2.45, 2.75) is 58.9 Å². The molecule has 1 aromatic rings. The average Bonchev–Trinajstić information content (AvgIpc) is 2.41. The van der Waals surface area contributed by atoms with Gasteiger partial charge in [-0.25, -0.2) is 9.97 Å². The molecule has 3 heteroatoms. The van der Waals surface area contributed by atoms with Crippen LogP contribution in [0.4, 0.5) is 5.82 Å². The van der Waals surface area contributed by atoms with Gasteiger partial charge in [-0.1, -0.05) is 6.42 Å². The third-order valence-electron chi connectivity index (χ3n) is 2.97. The Morgan fingerprint density at radius 1 is 1.06 bits per heavy atom. The van der Waals surface area contributed by atoms with Crippen LogP contribution in [0.25, 0.3) is 0 Å². The van der Waals surface area contributed by atoms with Crippen molar-refractivity contribution in [3.05, 3.63) is 17.1 Å². The summed E-state index contributed by atoms with van der Waals surface area (Å²) < 4.78 is 0.